The highest BCUT2D eigenvalue weighted by molar-refractivity contribution is 5.69. The van der Waals surface area contributed by atoms with Crippen molar-refractivity contribution in [2.75, 3.05) is 6.54 Å². The molecule has 22 heavy (non-hydrogen) atoms. The van der Waals surface area contributed by atoms with Crippen molar-refractivity contribution in [2.45, 2.75) is 110 Å². The minimum Gasteiger partial charge on any atom is -0.291 e. The van der Waals surface area contributed by atoms with E-state index in [1.54, 1.807) is 0 Å². The van der Waals surface area contributed by atoms with Crippen LogP contribution in [0.2, 0.25) is 0 Å². The predicted molar refractivity (Wildman–Crippen MR) is 98.8 cm³/mol. The molecule has 0 aromatic carbocycles. The Kier molecular flexibility index (Phi) is 17.7. The first-order valence-corrected chi connectivity index (χ1v) is 9.89. The van der Waals surface area contributed by atoms with Crippen LogP contribution in [0, 0.1) is 0 Å². The second kappa shape index (κ2) is 18.3. The van der Waals surface area contributed by atoms with E-state index in [-0.39, 0.29) is 0 Å². The van der Waals surface area contributed by atoms with E-state index in [2.05, 4.69) is 11.9 Å². The molecular formula is C19H42N3+. The number of rotatable bonds is 17. The smallest absolute Gasteiger partial charge is 0.291 e. The van der Waals surface area contributed by atoms with Crippen LogP contribution < -0.4 is 16.5 Å². The lowest BCUT2D eigenvalue weighted by Gasteiger charge is -2.03. The van der Waals surface area contributed by atoms with Crippen LogP contribution in [0.25, 0.3) is 0 Å². The van der Waals surface area contributed by atoms with E-state index in [1.807, 2.05) is 0 Å². The average Bonchev–Trinajstić information content (AvgIpc) is 2.50. The maximum atomic E-state index is 5.34. The fourth-order valence-corrected chi connectivity index (χ4v) is 2.91. The maximum absolute atomic E-state index is 5.34. The van der Waals surface area contributed by atoms with Crippen molar-refractivity contribution in [1.82, 2.24) is 0 Å². The van der Waals surface area contributed by atoms with E-state index in [4.69, 9.17) is 11.5 Å². The molecule has 0 aliphatic rings. The number of nitrogens with two attached hydrogens (primary N) is 2. The number of hydrogen-bond donors (Lipinski definition) is 3. The second-order valence-corrected chi connectivity index (χ2v) is 6.69. The number of unbranched alkanes of at least 4 members (excludes halogenated alkanes) is 15. The Hall–Kier alpha value is -0.730. The summed E-state index contributed by atoms with van der Waals surface area (Å²) in [5.41, 5.74) is 10.7. The van der Waals surface area contributed by atoms with Gasteiger partial charge in [0.1, 0.15) is 0 Å². The van der Waals surface area contributed by atoms with E-state index in [9.17, 15) is 0 Å². The average molecular weight is 313 g/mol. The van der Waals surface area contributed by atoms with Gasteiger partial charge in [-0.2, -0.15) is 0 Å². The molecule has 3 heteroatoms. The summed E-state index contributed by atoms with van der Waals surface area (Å²) in [6.07, 6.45) is 22.5. The van der Waals surface area contributed by atoms with Crippen molar-refractivity contribution in [3.63, 3.8) is 0 Å². The molecule has 0 atom stereocenters. The summed E-state index contributed by atoms with van der Waals surface area (Å²) in [7, 11) is 0. The van der Waals surface area contributed by atoms with Crippen molar-refractivity contribution < 1.29 is 4.99 Å². The van der Waals surface area contributed by atoms with Crippen molar-refractivity contribution in [1.29, 1.82) is 0 Å². The molecular weight excluding hydrogens is 270 g/mol. The van der Waals surface area contributed by atoms with Gasteiger partial charge in [-0.25, -0.2) is 0 Å². The first-order chi connectivity index (χ1) is 10.8. The van der Waals surface area contributed by atoms with Crippen LogP contribution in [0.5, 0.6) is 0 Å². The van der Waals surface area contributed by atoms with Crippen molar-refractivity contribution in [3.05, 3.63) is 0 Å². The first kappa shape index (κ1) is 21.3. The third-order valence-electron chi connectivity index (χ3n) is 4.36. The minimum atomic E-state index is 0.348. The molecule has 0 spiro atoms. The zero-order chi connectivity index (χ0) is 16.3. The van der Waals surface area contributed by atoms with Gasteiger partial charge >= 0.3 is 5.96 Å². The van der Waals surface area contributed by atoms with Crippen LogP contribution in [0.1, 0.15) is 110 Å². The second-order valence-electron chi connectivity index (χ2n) is 6.69. The van der Waals surface area contributed by atoms with E-state index in [1.165, 1.54) is 103 Å². The van der Waals surface area contributed by atoms with Crippen LogP contribution in [-0.4, -0.2) is 12.5 Å². The predicted octanol–water partition coefficient (Wildman–Crippen LogP) is 3.60. The van der Waals surface area contributed by atoms with Crippen molar-refractivity contribution in [3.8, 4) is 0 Å². The molecule has 5 N–H and O–H groups in total. The molecule has 0 aromatic heterocycles. The fourth-order valence-electron chi connectivity index (χ4n) is 2.91. The normalized spacial score (nSPS) is 10.8. The molecule has 0 saturated carbocycles. The highest BCUT2D eigenvalue weighted by atomic mass is 15.0. The van der Waals surface area contributed by atoms with Crippen molar-refractivity contribution in [2.24, 2.45) is 11.5 Å². The fraction of sp³-hybridized carbons (Fsp3) is 0.947. The standard InChI is InChI=1S/C19H41N3/c1-2-3-4-5-6-7-8-9-10-11-12-13-14-15-16-17-18-22-19(20)21/h2-18H2,1H3,(H4,20,21,22)/p+1. The Morgan fingerprint density at radius 2 is 0.864 bits per heavy atom. The Balaban J connectivity index is 2.98. The van der Waals surface area contributed by atoms with E-state index < -0.39 is 0 Å². The van der Waals surface area contributed by atoms with Gasteiger partial charge in [0.2, 0.25) is 0 Å². The monoisotopic (exact) mass is 312 g/mol. The largest absolute Gasteiger partial charge is 0.338 e. The van der Waals surface area contributed by atoms with Crippen LogP contribution in [-0.2, 0) is 0 Å². The molecule has 132 valence electrons. The van der Waals surface area contributed by atoms with Gasteiger partial charge in [0, 0.05) is 0 Å². The van der Waals surface area contributed by atoms with Gasteiger partial charge in [-0.15, -0.1) is 0 Å². The number of hydrogen-bond acceptors (Lipinski definition) is 0. The molecule has 0 amide bonds. The van der Waals surface area contributed by atoms with Gasteiger partial charge in [0.25, 0.3) is 0 Å². The SMILES string of the molecule is CCCCCCCCCCCCCCCCCC[NH+]=C(N)N. The van der Waals surface area contributed by atoms with Gasteiger partial charge in [0.15, 0.2) is 0 Å². The van der Waals surface area contributed by atoms with Crippen LogP contribution in [0.15, 0.2) is 0 Å². The van der Waals surface area contributed by atoms with E-state index in [0.717, 1.165) is 6.54 Å². The quantitative estimate of drug-likeness (QED) is 0.218. The van der Waals surface area contributed by atoms with Crippen molar-refractivity contribution >= 4 is 5.96 Å². The van der Waals surface area contributed by atoms with Crippen LogP contribution >= 0.6 is 0 Å². The molecule has 0 aromatic rings. The van der Waals surface area contributed by atoms with Gasteiger partial charge in [-0.3, -0.25) is 16.5 Å². The van der Waals surface area contributed by atoms with Gasteiger partial charge in [-0.05, 0) is 6.42 Å². The molecule has 0 radical (unpaired) electrons. The molecule has 0 saturated heterocycles. The van der Waals surface area contributed by atoms with E-state index >= 15 is 0 Å². The zero-order valence-electron chi connectivity index (χ0n) is 15.2. The highest BCUT2D eigenvalue weighted by Gasteiger charge is 1.94. The Morgan fingerprint density at radius 3 is 1.18 bits per heavy atom. The summed E-state index contributed by atoms with van der Waals surface area (Å²) in [5.74, 6) is 0.348. The summed E-state index contributed by atoms with van der Waals surface area (Å²) >= 11 is 0. The van der Waals surface area contributed by atoms with E-state index in [0.29, 0.717) is 5.96 Å². The maximum Gasteiger partial charge on any atom is 0.338 e. The molecule has 0 fully saturated rings. The first-order valence-electron chi connectivity index (χ1n) is 9.89. The summed E-state index contributed by atoms with van der Waals surface area (Å²) < 4.78 is 0. The molecule has 0 bridgehead atoms. The Labute approximate surface area is 139 Å². The van der Waals surface area contributed by atoms with Crippen LogP contribution in [0.4, 0.5) is 0 Å². The number of nitrogens with one attached hydrogen (secondary N) is 1. The summed E-state index contributed by atoms with van der Waals surface area (Å²) in [5, 5.41) is 0. The molecule has 0 aliphatic heterocycles. The zero-order valence-corrected chi connectivity index (χ0v) is 15.2. The molecule has 0 aliphatic carbocycles. The Bertz CT molecular complexity index is 235. The Morgan fingerprint density at radius 1 is 0.545 bits per heavy atom. The van der Waals surface area contributed by atoms with Gasteiger partial charge in [0.05, 0.1) is 6.54 Å². The third kappa shape index (κ3) is 19.3. The minimum absolute atomic E-state index is 0.348. The lowest BCUT2D eigenvalue weighted by Crippen LogP contribution is -2.78. The van der Waals surface area contributed by atoms with Gasteiger partial charge < -0.3 is 0 Å². The lowest BCUT2D eigenvalue weighted by atomic mass is 10.0. The third-order valence-corrected chi connectivity index (χ3v) is 4.36. The molecule has 0 heterocycles. The van der Waals surface area contributed by atoms with Gasteiger partial charge in [-0.1, -0.05) is 103 Å². The number of guanidine groups is 1. The molecule has 3 nitrogen and oxygen atoms in total. The summed E-state index contributed by atoms with van der Waals surface area (Å²) in [6, 6.07) is 0. The topological polar surface area (TPSA) is 66.0 Å². The molecule has 0 rings (SSSR count). The highest BCUT2D eigenvalue weighted by Crippen LogP contribution is 2.13. The summed E-state index contributed by atoms with van der Waals surface area (Å²) in [6.45, 7) is 3.20. The molecule has 0 unspecified atom stereocenters. The lowest BCUT2D eigenvalue weighted by molar-refractivity contribution is -0.459. The summed E-state index contributed by atoms with van der Waals surface area (Å²) in [4.78, 5) is 2.97. The van der Waals surface area contributed by atoms with Crippen LogP contribution in [0.3, 0.4) is 0 Å².